The van der Waals surface area contributed by atoms with Crippen molar-refractivity contribution in [3.8, 4) is 28.9 Å². The zero-order chi connectivity index (χ0) is 23.8. The molecule has 0 saturated heterocycles. The van der Waals surface area contributed by atoms with Crippen LogP contribution in [-0.4, -0.2) is 50.6 Å². The van der Waals surface area contributed by atoms with E-state index < -0.39 is 0 Å². The summed E-state index contributed by atoms with van der Waals surface area (Å²) in [5.41, 5.74) is 1.71. The van der Waals surface area contributed by atoms with Crippen molar-refractivity contribution >= 4 is 42.1 Å². The molecular weight excluding hydrogens is 423 g/mol. The summed E-state index contributed by atoms with van der Waals surface area (Å²) in [5, 5.41) is 5.79. The molecule has 0 unspecified atom stereocenters. The molecule has 0 atom stereocenters. The first-order valence-corrected chi connectivity index (χ1v) is 9.79. The van der Waals surface area contributed by atoms with Crippen molar-refractivity contribution in [3.63, 3.8) is 0 Å². The standard InChI is InChI=1S/C23H23BN4O5/c1-6-19(29)26-14-8-7-9-15(12-14)33-22-16(24-2)13-25-23(28-22)27-17-10-11-18(30-3)21(32-5)20(17)31-4/h6-13H,1-2H2,3-5H3,(H,26,29)(H,25,27,28). The van der Waals surface area contributed by atoms with Crippen molar-refractivity contribution in [1.82, 2.24) is 9.97 Å². The summed E-state index contributed by atoms with van der Waals surface area (Å²) in [7, 11) is 4.59. The van der Waals surface area contributed by atoms with Gasteiger partial charge in [-0.05, 0) is 0 Å². The molecule has 0 fully saturated rings. The third kappa shape index (κ3) is 5.48. The predicted octanol–water partition coefficient (Wildman–Crippen LogP) is 2.92. The number of carbonyl (C=O) groups is 1. The molecule has 3 rings (SSSR count). The molecule has 33 heavy (non-hydrogen) atoms. The molecule has 1 amide bonds. The first kappa shape index (κ1) is 23.3. The van der Waals surface area contributed by atoms with Crippen LogP contribution >= 0.6 is 0 Å². The second-order valence-corrected chi connectivity index (χ2v) is 6.49. The summed E-state index contributed by atoms with van der Waals surface area (Å²) in [6.45, 7) is 8.81. The van der Waals surface area contributed by atoms with Crippen LogP contribution in [0.5, 0.6) is 28.9 Å². The number of hydrogen-bond donors (Lipinski definition) is 2. The van der Waals surface area contributed by atoms with E-state index in [0.717, 1.165) is 0 Å². The summed E-state index contributed by atoms with van der Waals surface area (Å²) >= 11 is 0. The van der Waals surface area contributed by atoms with Gasteiger partial charge in [-0.25, -0.2) is 0 Å². The van der Waals surface area contributed by atoms with Gasteiger partial charge in [0, 0.05) is 0 Å². The van der Waals surface area contributed by atoms with Crippen LogP contribution in [0, 0.1) is 0 Å². The molecule has 0 saturated carbocycles. The van der Waals surface area contributed by atoms with E-state index in [-0.39, 0.29) is 17.7 Å². The Morgan fingerprint density at radius 1 is 1.09 bits per heavy atom. The number of benzene rings is 2. The van der Waals surface area contributed by atoms with E-state index in [0.29, 0.717) is 39.8 Å². The van der Waals surface area contributed by atoms with Gasteiger partial charge in [-0.1, -0.05) is 0 Å². The fourth-order valence-electron chi connectivity index (χ4n) is 2.92. The van der Waals surface area contributed by atoms with E-state index in [1.807, 2.05) is 0 Å². The molecule has 2 aromatic carbocycles. The number of nitrogens with zero attached hydrogens (tertiary/aromatic N) is 2. The number of aromatic nitrogens is 2. The number of ether oxygens (including phenoxy) is 4. The number of methoxy groups -OCH3 is 3. The summed E-state index contributed by atoms with van der Waals surface area (Å²) in [4.78, 5) is 20.4. The topological polar surface area (TPSA) is 104 Å². The van der Waals surface area contributed by atoms with Crippen molar-refractivity contribution in [2.24, 2.45) is 0 Å². The maximum absolute atomic E-state index is 11.6. The van der Waals surface area contributed by atoms with Crippen LogP contribution in [0.4, 0.5) is 17.3 Å². The van der Waals surface area contributed by atoms with Gasteiger partial charge in [0.25, 0.3) is 0 Å². The molecule has 2 N–H and O–H groups in total. The second kappa shape index (κ2) is 10.8. The van der Waals surface area contributed by atoms with Crippen LogP contribution in [0.2, 0.25) is 0 Å². The van der Waals surface area contributed by atoms with Crippen molar-refractivity contribution in [3.05, 3.63) is 55.3 Å². The molecule has 0 bridgehead atoms. The number of rotatable bonds is 10. The summed E-state index contributed by atoms with van der Waals surface area (Å²) < 4.78 is 22.2. The van der Waals surface area contributed by atoms with Crippen LogP contribution in [0.3, 0.4) is 0 Å². The average Bonchev–Trinajstić information content (AvgIpc) is 2.84. The Bertz CT molecular complexity index is 1190. The van der Waals surface area contributed by atoms with E-state index in [9.17, 15) is 4.79 Å². The van der Waals surface area contributed by atoms with Gasteiger partial charge in [-0.2, -0.15) is 0 Å². The Hall–Kier alpha value is -4.34. The first-order valence-electron chi connectivity index (χ1n) is 9.79. The van der Waals surface area contributed by atoms with Crippen molar-refractivity contribution in [2.45, 2.75) is 0 Å². The molecule has 1 heterocycles. The van der Waals surface area contributed by atoms with E-state index in [2.05, 4.69) is 33.6 Å². The molecule has 0 radical (unpaired) electrons. The average molecular weight is 446 g/mol. The third-order valence-corrected chi connectivity index (χ3v) is 4.45. The Labute approximate surface area is 192 Å². The van der Waals surface area contributed by atoms with Crippen LogP contribution < -0.4 is 35.0 Å². The molecule has 168 valence electrons. The van der Waals surface area contributed by atoms with Crippen molar-refractivity contribution < 1.29 is 23.7 Å². The normalized spacial score (nSPS) is 9.91. The van der Waals surface area contributed by atoms with E-state index in [1.165, 1.54) is 20.3 Å². The minimum atomic E-state index is -0.323. The minimum absolute atomic E-state index is 0.261. The number of amides is 1. The number of anilines is 3. The van der Waals surface area contributed by atoms with Crippen LogP contribution in [-0.2, 0) is 4.79 Å². The zero-order valence-corrected chi connectivity index (χ0v) is 18.5. The molecule has 10 heteroatoms. The van der Waals surface area contributed by atoms with Gasteiger partial charge in [0.2, 0.25) is 0 Å². The van der Waals surface area contributed by atoms with Crippen LogP contribution in [0.25, 0.3) is 0 Å². The van der Waals surface area contributed by atoms with Crippen molar-refractivity contribution in [1.29, 1.82) is 0 Å². The van der Waals surface area contributed by atoms with Crippen molar-refractivity contribution in [2.75, 3.05) is 32.0 Å². The molecule has 9 nitrogen and oxygen atoms in total. The molecule has 0 aliphatic heterocycles. The predicted molar refractivity (Wildman–Crippen MR) is 129 cm³/mol. The van der Waals surface area contributed by atoms with Gasteiger partial charge in [-0.15, -0.1) is 0 Å². The van der Waals surface area contributed by atoms with E-state index in [4.69, 9.17) is 18.9 Å². The Kier molecular flexibility index (Phi) is 7.64. The number of hydrogen-bond acceptors (Lipinski definition) is 8. The van der Waals surface area contributed by atoms with Crippen LogP contribution in [0.15, 0.2) is 55.3 Å². The molecule has 0 spiro atoms. The van der Waals surface area contributed by atoms with Crippen LogP contribution in [0.1, 0.15) is 0 Å². The zero-order valence-electron chi connectivity index (χ0n) is 18.5. The van der Waals surface area contributed by atoms with Gasteiger partial charge < -0.3 is 0 Å². The molecule has 0 aliphatic carbocycles. The third-order valence-electron chi connectivity index (χ3n) is 4.45. The monoisotopic (exact) mass is 446 g/mol. The van der Waals surface area contributed by atoms with E-state index in [1.54, 1.807) is 56.6 Å². The molecule has 3 aromatic rings. The number of nitrogens with one attached hydrogen (secondary N) is 2. The Morgan fingerprint density at radius 3 is 2.55 bits per heavy atom. The Morgan fingerprint density at radius 2 is 1.88 bits per heavy atom. The van der Waals surface area contributed by atoms with Gasteiger partial charge in [0.1, 0.15) is 0 Å². The fourth-order valence-corrected chi connectivity index (χ4v) is 2.92. The maximum atomic E-state index is 11.6. The first-order chi connectivity index (χ1) is 16.0. The molecule has 1 aromatic heterocycles. The van der Waals surface area contributed by atoms with Gasteiger partial charge in [0.05, 0.1) is 0 Å². The summed E-state index contributed by atoms with van der Waals surface area (Å²) in [6, 6.07) is 10.4. The molecule has 0 aliphatic rings. The Balaban J connectivity index is 1.91. The van der Waals surface area contributed by atoms with Gasteiger partial charge >= 0.3 is 192 Å². The summed E-state index contributed by atoms with van der Waals surface area (Å²) in [5.74, 6) is 2.07. The molecular formula is C23H23BN4O5. The fraction of sp³-hybridized carbons (Fsp3) is 0.130. The number of carbonyl (C=O) groups excluding carboxylic acids is 1. The van der Waals surface area contributed by atoms with Gasteiger partial charge in [-0.3, -0.25) is 0 Å². The summed E-state index contributed by atoms with van der Waals surface area (Å²) in [6.07, 6.45) is 2.77. The quantitative estimate of drug-likeness (QED) is 0.362. The van der Waals surface area contributed by atoms with Gasteiger partial charge in [0.15, 0.2) is 0 Å². The SMILES string of the molecule is C=Bc1cnc(Nc2ccc(OC)c(OC)c2OC)nc1Oc1cccc(NC(=O)C=C)c1. The second-order valence-electron chi connectivity index (χ2n) is 6.49. The van der Waals surface area contributed by atoms with E-state index >= 15 is 0 Å².